The summed E-state index contributed by atoms with van der Waals surface area (Å²) in [5.41, 5.74) is 7.10. The molecule has 84 valence electrons. The molecule has 1 aromatic carbocycles. The summed E-state index contributed by atoms with van der Waals surface area (Å²) in [6, 6.07) is 10.3. The molecule has 0 bridgehead atoms. The van der Waals surface area contributed by atoms with Gasteiger partial charge in [0.05, 0.1) is 12.2 Å². The van der Waals surface area contributed by atoms with Crippen LogP contribution in [-0.4, -0.2) is 9.78 Å². The van der Waals surface area contributed by atoms with Gasteiger partial charge in [0.25, 0.3) is 0 Å². The van der Waals surface area contributed by atoms with Crippen molar-refractivity contribution in [3.63, 3.8) is 0 Å². The van der Waals surface area contributed by atoms with Crippen molar-refractivity contribution < 1.29 is 0 Å². The Morgan fingerprint density at radius 3 is 2.81 bits per heavy atom. The Labute approximate surface area is 103 Å². The predicted molar refractivity (Wildman–Crippen MR) is 69.2 cm³/mol. The summed E-state index contributed by atoms with van der Waals surface area (Å²) in [5.74, 6) is 0.701. The maximum Gasteiger partial charge on any atom is 0.122 e. The molecule has 0 aliphatic rings. The third-order valence-corrected chi connectivity index (χ3v) is 3.11. The minimum Gasteiger partial charge on any atom is -0.384 e. The third kappa shape index (κ3) is 2.11. The summed E-state index contributed by atoms with van der Waals surface area (Å²) in [6.07, 6.45) is 2.69. The highest BCUT2D eigenvalue weighted by atomic mass is 79.9. The van der Waals surface area contributed by atoms with E-state index < -0.39 is 0 Å². The second kappa shape index (κ2) is 4.70. The van der Waals surface area contributed by atoms with E-state index in [-0.39, 0.29) is 6.04 Å². The van der Waals surface area contributed by atoms with Crippen LogP contribution in [0.3, 0.4) is 0 Å². The van der Waals surface area contributed by atoms with Gasteiger partial charge in [-0.05, 0) is 30.2 Å². The standard InChI is InChI=1S/C12H14BrN3/c1-2-11(16-12(14)6-7-15-16)9-4-3-5-10(13)8-9/h3-8,11H,2,14H2,1H3. The van der Waals surface area contributed by atoms with Gasteiger partial charge >= 0.3 is 0 Å². The van der Waals surface area contributed by atoms with Crippen LogP contribution in [0.25, 0.3) is 0 Å². The van der Waals surface area contributed by atoms with Gasteiger partial charge in [-0.3, -0.25) is 0 Å². The number of hydrogen-bond acceptors (Lipinski definition) is 2. The molecule has 2 aromatic rings. The number of halogens is 1. The van der Waals surface area contributed by atoms with Gasteiger partial charge in [-0.25, -0.2) is 4.68 Å². The predicted octanol–water partition coefficient (Wildman–Crippen LogP) is 3.23. The first kappa shape index (κ1) is 11.2. The third-order valence-electron chi connectivity index (χ3n) is 2.62. The Morgan fingerprint density at radius 1 is 1.44 bits per heavy atom. The molecule has 0 spiro atoms. The number of nitrogens with zero attached hydrogens (tertiary/aromatic N) is 2. The highest BCUT2D eigenvalue weighted by Crippen LogP contribution is 2.25. The van der Waals surface area contributed by atoms with Gasteiger partial charge in [-0.1, -0.05) is 35.0 Å². The van der Waals surface area contributed by atoms with Gasteiger partial charge in [0.2, 0.25) is 0 Å². The summed E-state index contributed by atoms with van der Waals surface area (Å²) in [4.78, 5) is 0. The number of hydrogen-bond donors (Lipinski definition) is 1. The number of aromatic nitrogens is 2. The Kier molecular flexibility index (Phi) is 3.29. The van der Waals surface area contributed by atoms with Crippen LogP contribution < -0.4 is 5.73 Å². The summed E-state index contributed by atoms with van der Waals surface area (Å²) in [6.45, 7) is 2.13. The van der Waals surface area contributed by atoms with Gasteiger partial charge in [0.15, 0.2) is 0 Å². The fourth-order valence-corrected chi connectivity index (χ4v) is 2.27. The second-order valence-electron chi connectivity index (χ2n) is 3.68. The van der Waals surface area contributed by atoms with Crippen molar-refractivity contribution in [3.05, 3.63) is 46.6 Å². The Bertz CT molecular complexity index is 479. The largest absolute Gasteiger partial charge is 0.384 e. The number of nitrogen functional groups attached to an aromatic ring is 1. The van der Waals surface area contributed by atoms with E-state index in [2.05, 4.69) is 40.1 Å². The number of anilines is 1. The monoisotopic (exact) mass is 279 g/mol. The van der Waals surface area contributed by atoms with E-state index in [4.69, 9.17) is 5.73 Å². The highest BCUT2D eigenvalue weighted by Gasteiger charge is 2.14. The lowest BCUT2D eigenvalue weighted by Crippen LogP contribution is -2.13. The summed E-state index contributed by atoms with van der Waals surface area (Å²) < 4.78 is 2.94. The zero-order valence-corrected chi connectivity index (χ0v) is 10.7. The number of nitrogens with two attached hydrogens (primary N) is 1. The SMILES string of the molecule is CCC(c1cccc(Br)c1)n1nccc1N. The maximum atomic E-state index is 5.88. The number of benzene rings is 1. The molecule has 2 rings (SSSR count). The fraction of sp³-hybridized carbons (Fsp3) is 0.250. The van der Waals surface area contributed by atoms with Crippen LogP contribution in [0.15, 0.2) is 41.0 Å². The van der Waals surface area contributed by atoms with Crippen LogP contribution in [0.5, 0.6) is 0 Å². The van der Waals surface area contributed by atoms with Gasteiger partial charge in [0, 0.05) is 4.47 Å². The molecule has 0 fully saturated rings. The molecule has 0 saturated carbocycles. The van der Waals surface area contributed by atoms with Crippen molar-refractivity contribution in [2.75, 3.05) is 5.73 Å². The van der Waals surface area contributed by atoms with Crippen LogP contribution in [0.4, 0.5) is 5.82 Å². The number of rotatable bonds is 3. The molecule has 0 aliphatic heterocycles. The lowest BCUT2D eigenvalue weighted by molar-refractivity contribution is 0.516. The lowest BCUT2D eigenvalue weighted by atomic mass is 10.1. The molecule has 3 nitrogen and oxygen atoms in total. The van der Waals surface area contributed by atoms with Gasteiger partial charge in [-0.15, -0.1) is 0 Å². The Balaban J connectivity index is 2.40. The zero-order valence-electron chi connectivity index (χ0n) is 9.10. The molecule has 0 radical (unpaired) electrons. The minimum absolute atomic E-state index is 0.201. The van der Waals surface area contributed by atoms with Gasteiger partial charge in [-0.2, -0.15) is 5.10 Å². The molecule has 1 atom stereocenters. The maximum absolute atomic E-state index is 5.88. The van der Waals surface area contributed by atoms with E-state index in [1.54, 1.807) is 6.20 Å². The summed E-state index contributed by atoms with van der Waals surface area (Å²) in [5, 5.41) is 4.27. The van der Waals surface area contributed by atoms with Crippen molar-refractivity contribution >= 4 is 21.7 Å². The molecule has 0 amide bonds. The molecular formula is C12H14BrN3. The average molecular weight is 280 g/mol. The molecule has 2 N–H and O–H groups in total. The van der Waals surface area contributed by atoms with Crippen LogP contribution in [-0.2, 0) is 0 Å². The van der Waals surface area contributed by atoms with Crippen LogP contribution in [0.2, 0.25) is 0 Å². The van der Waals surface area contributed by atoms with Crippen molar-refractivity contribution in [2.24, 2.45) is 0 Å². The first-order chi connectivity index (χ1) is 7.72. The molecule has 1 heterocycles. The zero-order chi connectivity index (χ0) is 11.5. The van der Waals surface area contributed by atoms with Crippen LogP contribution in [0, 0.1) is 0 Å². The smallest absolute Gasteiger partial charge is 0.122 e. The minimum atomic E-state index is 0.201. The Morgan fingerprint density at radius 2 is 2.25 bits per heavy atom. The first-order valence-corrected chi connectivity index (χ1v) is 6.06. The van der Waals surface area contributed by atoms with Gasteiger partial charge in [0.1, 0.15) is 5.82 Å². The normalized spacial score (nSPS) is 12.6. The molecule has 0 saturated heterocycles. The van der Waals surface area contributed by atoms with Crippen molar-refractivity contribution in [1.29, 1.82) is 0 Å². The van der Waals surface area contributed by atoms with E-state index in [1.807, 2.05) is 22.9 Å². The fourth-order valence-electron chi connectivity index (χ4n) is 1.85. The molecule has 4 heteroatoms. The molecule has 16 heavy (non-hydrogen) atoms. The van der Waals surface area contributed by atoms with Crippen molar-refractivity contribution in [3.8, 4) is 0 Å². The van der Waals surface area contributed by atoms with Crippen LogP contribution in [0.1, 0.15) is 24.9 Å². The highest BCUT2D eigenvalue weighted by molar-refractivity contribution is 9.10. The molecule has 1 unspecified atom stereocenters. The summed E-state index contributed by atoms with van der Waals surface area (Å²) >= 11 is 3.48. The van der Waals surface area contributed by atoms with Crippen molar-refractivity contribution in [1.82, 2.24) is 9.78 Å². The molecular weight excluding hydrogens is 266 g/mol. The second-order valence-corrected chi connectivity index (χ2v) is 4.60. The quantitative estimate of drug-likeness (QED) is 0.938. The first-order valence-electron chi connectivity index (χ1n) is 5.27. The van der Waals surface area contributed by atoms with E-state index in [0.29, 0.717) is 5.82 Å². The van der Waals surface area contributed by atoms with E-state index >= 15 is 0 Å². The average Bonchev–Trinajstić information content (AvgIpc) is 2.67. The van der Waals surface area contributed by atoms with Crippen LogP contribution >= 0.6 is 15.9 Å². The Hall–Kier alpha value is -1.29. The summed E-state index contributed by atoms with van der Waals surface area (Å²) in [7, 11) is 0. The lowest BCUT2D eigenvalue weighted by Gasteiger charge is -2.17. The van der Waals surface area contributed by atoms with Gasteiger partial charge < -0.3 is 5.73 Å². The van der Waals surface area contributed by atoms with Crippen molar-refractivity contribution in [2.45, 2.75) is 19.4 Å². The molecule has 1 aromatic heterocycles. The van der Waals surface area contributed by atoms with E-state index in [9.17, 15) is 0 Å². The topological polar surface area (TPSA) is 43.8 Å². The van der Waals surface area contributed by atoms with E-state index in [1.165, 1.54) is 5.56 Å². The van der Waals surface area contributed by atoms with E-state index in [0.717, 1.165) is 10.9 Å². The molecule has 0 aliphatic carbocycles.